The third kappa shape index (κ3) is 5.83. The Balaban J connectivity index is 1.58. The fraction of sp³-hybridized carbons (Fsp3) is 0.355. The van der Waals surface area contributed by atoms with Crippen LogP contribution in [0.4, 0.5) is 10.1 Å². The summed E-state index contributed by atoms with van der Waals surface area (Å²) in [7, 11) is 3.01. The van der Waals surface area contributed by atoms with Crippen LogP contribution in [0.5, 0.6) is 23.0 Å². The molecule has 1 fully saturated rings. The van der Waals surface area contributed by atoms with E-state index in [9.17, 15) is 14.0 Å². The van der Waals surface area contributed by atoms with E-state index in [0.29, 0.717) is 34.2 Å². The molecule has 3 aromatic rings. The molecule has 210 valence electrons. The molecule has 2 atom stereocenters. The van der Waals surface area contributed by atoms with Gasteiger partial charge in [-0.15, -0.1) is 0 Å². The molecule has 1 aliphatic heterocycles. The molecule has 1 N–H and O–H groups in total. The van der Waals surface area contributed by atoms with Gasteiger partial charge in [-0.05, 0) is 54.8 Å². The van der Waals surface area contributed by atoms with Gasteiger partial charge in [0.2, 0.25) is 12.0 Å². The van der Waals surface area contributed by atoms with Crippen LogP contribution in [0.3, 0.4) is 0 Å². The molecule has 5 rings (SSSR count). The number of nitrogens with zero attached hydrogens (tertiary/aromatic N) is 1. The topological polar surface area (TPSA) is 86.3 Å². The van der Waals surface area contributed by atoms with Gasteiger partial charge in [0.1, 0.15) is 18.5 Å². The number of hydrogen-bond donors (Lipinski definition) is 1. The van der Waals surface area contributed by atoms with Crippen LogP contribution >= 0.6 is 0 Å². The number of methoxy groups -OCH3 is 2. The lowest BCUT2D eigenvalue weighted by atomic mass is 9.94. The third-order valence-corrected chi connectivity index (χ3v) is 7.31. The van der Waals surface area contributed by atoms with Gasteiger partial charge in [0.05, 0.1) is 14.2 Å². The normalized spacial score (nSPS) is 17.4. The van der Waals surface area contributed by atoms with Gasteiger partial charge in [0, 0.05) is 17.8 Å². The highest BCUT2D eigenvalue weighted by Gasteiger charge is 2.40. The number of carbonyl (C=O) groups excluding carboxylic acids is 2. The first-order chi connectivity index (χ1) is 19.5. The number of anilines is 1. The van der Waals surface area contributed by atoms with E-state index in [1.165, 1.54) is 43.4 Å². The van der Waals surface area contributed by atoms with Gasteiger partial charge in [-0.3, -0.25) is 14.5 Å². The second kappa shape index (κ2) is 12.3. The van der Waals surface area contributed by atoms with Gasteiger partial charge in [0.15, 0.2) is 23.0 Å². The Morgan fingerprint density at radius 2 is 1.62 bits per heavy atom. The molecule has 2 amide bonds. The average molecular weight is 549 g/mol. The van der Waals surface area contributed by atoms with E-state index in [-0.39, 0.29) is 18.6 Å². The fourth-order valence-electron chi connectivity index (χ4n) is 5.26. The lowest BCUT2D eigenvalue weighted by molar-refractivity contribution is -0.132. The number of hydrogen-bond acceptors (Lipinski definition) is 6. The second-order valence-corrected chi connectivity index (χ2v) is 9.91. The second-order valence-electron chi connectivity index (χ2n) is 9.91. The number of rotatable bonds is 8. The minimum absolute atomic E-state index is 0.00676. The number of para-hydroxylation sites is 2. The van der Waals surface area contributed by atoms with Gasteiger partial charge in [-0.2, -0.15) is 0 Å². The molecule has 1 aliphatic carbocycles. The average Bonchev–Trinajstić information content (AvgIpc) is 3.00. The number of benzene rings is 3. The monoisotopic (exact) mass is 548 g/mol. The zero-order valence-electron chi connectivity index (χ0n) is 22.6. The highest BCUT2D eigenvalue weighted by Crippen LogP contribution is 2.38. The van der Waals surface area contributed by atoms with E-state index in [2.05, 4.69) is 5.32 Å². The summed E-state index contributed by atoms with van der Waals surface area (Å²) in [6.07, 6.45) is 3.87. The van der Waals surface area contributed by atoms with Crippen molar-refractivity contribution in [2.24, 2.45) is 0 Å². The predicted molar refractivity (Wildman–Crippen MR) is 148 cm³/mol. The van der Waals surface area contributed by atoms with Gasteiger partial charge < -0.3 is 24.3 Å². The molecule has 3 aromatic carbocycles. The molecular weight excluding hydrogens is 515 g/mol. The number of amides is 2. The molecule has 0 unspecified atom stereocenters. The lowest BCUT2D eigenvalue weighted by Crippen LogP contribution is -2.52. The Kier molecular flexibility index (Phi) is 8.38. The highest BCUT2D eigenvalue weighted by molar-refractivity contribution is 6.04. The first-order valence-corrected chi connectivity index (χ1v) is 13.5. The van der Waals surface area contributed by atoms with Crippen LogP contribution in [0.25, 0.3) is 0 Å². The summed E-state index contributed by atoms with van der Waals surface area (Å²) >= 11 is 0. The largest absolute Gasteiger partial charge is 0.493 e. The third-order valence-electron chi connectivity index (χ3n) is 7.31. The first kappa shape index (κ1) is 27.3. The summed E-state index contributed by atoms with van der Waals surface area (Å²) in [6.45, 7) is -0.0416. The highest BCUT2D eigenvalue weighted by atomic mass is 19.1. The molecule has 40 heavy (non-hydrogen) atoms. The van der Waals surface area contributed by atoms with Crippen LogP contribution in [0, 0.1) is 5.82 Å². The summed E-state index contributed by atoms with van der Waals surface area (Å²) in [4.78, 5) is 29.8. The Labute approximate surface area is 233 Å². The van der Waals surface area contributed by atoms with Crippen molar-refractivity contribution >= 4 is 17.5 Å². The van der Waals surface area contributed by atoms with E-state index in [0.717, 1.165) is 32.1 Å². The van der Waals surface area contributed by atoms with Crippen molar-refractivity contribution in [3.05, 3.63) is 78.1 Å². The summed E-state index contributed by atoms with van der Waals surface area (Å²) in [6, 6.07) is 16.6. The lowest BCUT2D eigenvalue weighted by Gasteiger charge is -2.36. The summed E-state index contributed by atoms with van der Waals surface area (Å²) in [5.74, 6) is 0.524. The van der Waals surface area contributed by atoms with Crippen LogP contribution in [-0.2, 0) is 9.59 Å². The van der Waals surface area contributed by atoms with Crippen molar-refractivity contribution in [1.82, 2.24) is 5.32 Å². The maximum atomic E-state index is 14.3. The Hall–Kier alpha value is -4.27. The van der Waals surface area contributed by atoms with Crippen molar-refractivity contribution in [3.63, 3.8) is 0 Å². The van der Waals surface area contributed by atoms with Crippen molar-refractivity contribution in [2.75, 3.05) is 25.7 Å². The fourth-order valence-corrected chi connectivity index (χ4v) is 5.26. The Bertz CT molecular complexity index is 1340. The smallest absolute Gasteiger partial charge is 0.272 e. The van der Waals surface area contributed by atoms with Gasteiger partial charge in [-0.25, -0.2) is 4.39 Å². The molecule has 1 heterocycles. The number of ether oxygens (including phenoxy) is 4. The van der Waals surface area contributed by atoms with Crippen molar-refractivity contribution in [1.29, 1.82) is 0 Å². The quantitative estimate of drug-likeness (QED) is 0.416. The minimum atomic E-state index is -1.12. The zero-order valence-corrected chi connectivity index (χ0v) is 22.6. The Morgan fingerprint density at radius 3 is 2.33 bits per heavy atom. The molecule has 2 aliphatic rings. The molecule has 0 radical (unpaired) electrons. The predicted octanol–water partition coefficient (Wildman–Crippen LogP) is 5.21. The molecule has 1 saturated carbocycles. The van der Waals surface area contributed by atoms with Crippen LogP contribution in [0.1, 0.15) is 43.7 Å². The van der Waals surface area contributed by atoms with Crippen molar-refractivity contribution in [3.8, 4) is 23.0 Å². The maximum Gasteiger partial charge on any atom is 0.272 e. The van der Waals surface area contributed by atoms with E-state index >= 15 is 0 Å². The summed E-state index contributed by atoms with van der Waals surface area (Å²) in [5, 5.41) is 3.15. The molecule has 0 saturated heterocycles. The number of fused-ring (bicyclic) bond motifs is 1. The summed E-state index contributed by atoms with van der Waals surface area (Å²) < 4.78 is 36.8. The molecule has 8 nitrogen and oxygen atoms in total. The maximum absolute atomic E-state index is 14.3. The first-order valence-electron chi connectivity index (χ1n) is 13.5. The molecular formula is C31H33FN2O6. The van der Waals surface area contributed by atoms with E-state index in [1.807, 2.05) is 6.07 Å². The number of nitrogens with one attached hydrogen (secondary N) is 1. The van der Waals surface area contributed by atoms with Crippen LogP contribution in [-0.4, -0.2) is 44.8 Å². The van der Waals surface area contributed by atoms with E-state index in [1.54, 1.807) is 36.4 Å². The SMILES string of the molecule is COc1ccc(N(C(=O)[C@H]2COc3ccccc3O2)[C@@H](C(=O)NC2CCCCC2)c2ccc(F)cc2)cc1OC. The van der Waals surface area contributed by atoms with Gasteiger partial charge >= 0.3 is 0 Å². The van der Waals surface area contributed by atoms with Gasteiger partial charge in [0.25, 0.3) is 5.91 Å². The Morgan fingerprint density at radius 1 is 0.925 bits per heavy atom. The van der Waals surface area contributed by atoms with Crippen LogP contribution in [0.15, 0.2) is 66.7 Å². The van der Waals surface area contributed by atoms with E-state index < -0.39 is 23.9 Å². The minimum Gasteiger partial charge on any atom is -0.493 e. The van der Waals surface area contributed by atoms with Gasteiger partial charge in [-0.1, -0.05) is 43.5 Å². The standard InChI is InChI=1S/C31H33FN2O6/c1-37-24-17-16-23(18-27(24)38-2)34(31(36)28-19-39-25-10-6-7-11-26(25)40-28)29(20-12-14-21(32)15-13-20)30(35)33-22-8-4-3-5-9-22/h6-7,10-18,22,28-29H,3-5,8-9,19H2,1-2H3,(H,33,35)/t28-,29-/m1/s1. The van der Waals surface area contributed by atoms with Crippen LogP contribution < -0.4 is 29.2 Å². The van der Waals surface area contributed by atoms with Crippen LogP contribution in [0.2, 0.25) is 0 Å². The molecule has 0 bridgehead atoms. The molecule has 0 spiro atoms. The van der Waals surface area contributed by atoms with Crippen molar-refractivity contribution < 1.29 is 32.9 Å². The number of halogens is 1. The van der Waals surface area contributed by atoms with Crippen molar-refractivity contribution in [2.45, 2.75) is 50.3 Å². The molecule has 9 heteroatoms. The number of carbonyl (C=O) groups is 2. The molecule has 0 aromatic heterocycles. The summed E-state index contributed by atoms with van der Waals surface area (Å²) in [5.41, 5.74) is 0.841. The van der Waals surface area contributed by atoms with E-state index in [4.69, 9.17) is 18.9 Å². The zero-order chi connectivity index (χ0) is 28.1.